The molecule has 0 unspecified atom stereocenters. The molecule has 0 spiro atoms. The maximum atomic E-state index is 14.0. The Bertz CT molecular complexity index is 968. The van der Waals surface area contributed by atoms with Crippen molar-refractivity contribution < 1.29 is 13.6 Å². The van der Waals surface area contributed by atoms with Crippen LogP contribution in [0.25, 0.3) is 0 Å². The zero-order chi connectivity index (χ0) is 20.2. The normalized spacial score (nSPS) is 15.9. The summed E-state index contributed by atoms with van der Waals surface area (Å²) >= 11 is 0. The zero-order valence-electron chi connectivity index (χ0n) is 16.0. The van der Waals surface area contributed by atoms with Gasteiger partial charge in [0.25, 0.3) is 5.91 Å². The minimum Gasteiger partial charge on any atom is -0.336 e. The van der Waals surface area contributed by atoms with Crippen LogP contribution in [0.2, 0.25) is 0 Å². The molecular formula is C24H22F2N2O. The van der Waals surface area contributed by atoms with E-state index in [-0.39, 0.29) is 23.3 Å². The van der Waals surface area contributed by atoms with Crippen molar-refractivity contribution in [2.75, 3.05) is 26.2 Å². The molecule has 1 heterocycles. The van der Waals surface area contributed by atoms with Crippen LogP contribution in [0.1, 0.15) is 27.5 Å². The first-order valence-corrected chi connectivity index (χ1v) is 9.72. The third kappa shape index (κ3) is 4.20. The van der Waals surface area contributed by atoms with Gasteiger partial charge >= 0.3 is 0 Å². The lowest BCUT2D eigenvalue weighted by Crippen LogP contribution is -2.50. The summed E-state index contributed by atoms with van der Waals surface area (Å²) in [5.74, 6) is -1.03. The quantitative estimate of drug-likeness (QED) is 0.652. The van der Waals surface area contributed by atoms with Crippen LogP contribution in [0.3, 0.4) is 0 Å². The first-order valence-electron chi connectivity index (χ1n) is 9.72. The fourth-order valence-electron chi connectivity index (χ4n) is 3.88. The highest BCUT2D eigenvalue weighted by atomic mass is 19.1. The van der Waals surface area contributed by atoms with Crippen LogP contribution < -0.4 is 0 Å². The number of carbonyl (C=O) groups is 1. The van der Waals surface area contributed by atoms with Crippen LogP contribution in [0.4, 0.5) is 8.78 Å². The van der Waals surface area contributed by atoms with Crippen molar-refractivity contribution in [2.45, 2.75) is 6.04 Å². The number of rotatable bonds is 4. The maximum Gasteiger partial charge on any atom is 0.256 e. The number of nitrogens with zero attached hydrogens (tertiary/aromatic N) is 2. The van der Waals surface area contributed by atoms with Crippen molar-refractivity contribution in [3.8, 4) is 0 Å². The van der Waals surface area contributed by atoms with E-state index in [0.717, 1.165) is 11.1 Å². The lowest BCUT2D eigenvalue weighted by Gasteiger charge is -2.39. The average molecular weight is 392 g/mol. The van der Waals surface area contributed by atoms with Gasteiger partial charge in [0.2, 0.25) is 0 Å². The summed E-state index contributed by atoms with van der Waals surface area (Å²) in [4.78, 5) is 16.7. The third-order valence-corrected chi connectivity index (χ3v) is 5.37. The van der Waals surface area contributed by atoms with Crippen LogP contribution in [0.15, 0.2) is 78.9 Å². The van der Waals surface area contributed by atoms with Crippen LogP contribution in [0.5, 0.6) is 0 Å². The van der Waals surface area contributed by atoms with E-state index >= 15 is 0 Å². The molecule has 5 heteroatoms. The molecule has 0 aromatic heterocycles. The summed E-state index contributed by atoms with van der Waals surface area (Å²) in [7, 11) is 0. The standard InChI is InChI=1S/C24H22F2N2O/c25-20-12-10-19(11-13-20)23(18-6-2-1-3-7-18)27-14-16-28(17-15-27)24(29)21-8-4-5-9-22(21)26/h1-13,23H,14-17H2/t23-/m0/s1. The van der Waals surface area contributed by atoms with Crippen LogP contribution in [-0.4, -0.2) is 41.9 Å². The van der Waals surface area contributed by atoms with Gasteiger partial charge in [0.15, 0.2) is 0 Å². The Kier molecular flexibility index (Phi) is 5.67. The minimum atomic E-state index is -0.492. The number of hydrogen-bond acceptors (Lipinski definition) is 2. The number of piperazine rings is 1. The van der Waals surface area contributed by atoms with Crippen molar-refractivity contribution in [3.63, 3.8) is 0 Å². The first kappa shape index (κ1) is 19.3. The molecule has 1 saturated heterocycles. The molecule has 29 heavy (non-hydrogen) atoms. The van der Waals surface area contributed by atoms with Gasteiger partial charge in [-0.05, 0) is 35.4 Å². The predicted octanol–water partition coefficient (Wildman–Crippen LogP) is 4.51. The first-order chi connectivity index (χ1) is 14.1. The van der Waals surface area contributed by atoms with Crippen molar-refractivity contribution in [1.82, 2.24) is 9.80 Å². The fourth-order valence-corrected chi connectivity index (χ4v) is 3.88. The lowest BCUT2D eigenvalue weighted by atomic mass is 9.96. The van der Waals surface area contributed by atoms with Crippen LogP contribution >= 0.6 is 0 Å². The number of benzene rings is 3. The van der Waals surface area contributed by atoms with Gasteiger partial charge in [-0.3, -0.25) is 9.69 Å². The van der Waals surface area contributed by atoms with Gasteiger partial charge in [0.1, 0.15) is 11.6 Å². The Balaban J connectivity index is 1.53. The van der Waals surface area contributed by atoms with Crippen LogP contribution in [-0.2, 0) is 0 Å². The van der Waals surface area contributed by atoms with E-state index in [9.17, 15) is 13.6 Å². The summed E-state index contributed by atoms with van der Waals surface area (Å²) in [5.41, 5.74) is 2.23. The van der Waals surface area contributed by atoms with Gasteiger partial charge in [0, 0.05) is 26.2 Å². The Morgan fingerprint density at radius 1 is 0.724 bits per heavy atom. The molecule has 0 aliphatic carbocycles. The Labute approximate surface area is 169 Å². The number of hydrogen-bond donors (Lipinski definition) is 0. The third-order valence-electron chi connectivity index (χ3n) is 5.37. The second kappa shape index (κ2) is 8.53. The van der Waals surface area contributed by atoms with Crippen LogP contribution in [0, 0.1) is 11.6 Å². The smallest absolute Gasteiger partial charge is 0.256 e. The van der Waals surface area contributed by atoms with E-state index < -0.39 is 5.82 Å². The monoisotopic (exact) mass is 392 g/mol. The molecule has 0 radical (unpaired) electrons. The molecule has 0 saturated carbocycles. The van der Waals surface area contributed by atoms with Gasteiger partial charge in [-0.1, -0.05) is 54.6 Å². The Morgan fingerprint density at radius 2 is 1.31 bits per heavy atom. The van der Waals surface area contributed by atoms with Crippen molar-refractivity contribution >= 4 is 5.91 Å². The second-order valence-corrected chi connectivity index (χ2v) is 7.17. The lowest BCUT2D eigenvalue weighted by molar-refractivity contribution is 0.0593. The molecule has 3 aromatic rings. The molecule has 3 aromatic carbocycles. The SMILES string of the molecule is O=C(c1ccccc1F)N1CCN([C@@H](c2ccccc2)c2ccc(F)cc2)CC1. The van der Waals surface area contributed by atoms with Gasteiger partial charge in [-0.2, -0.15) is 0 Å². The zero-order valence-corrected chi connectivity index (χ0v) is 16.0. The Hall–Kier alpha value is -3.05. The number of halogens is 2. The van der Waals surface area contributed by atoms with Gasteiger partial charge in [-0.15, -0.1) is 0 Å². The topological polar surface area (TPSA) is 23.6 Å². The van der Waals surface area contributed by atoms with E-state index in [1.807, 2.05) is 30.3 Å². The number of amides is 1. The van der Waals surface area contributed by atoms with Gasteiger partial charge < -0.3 is 4.90 Å². The molecule has 3 nitrogen and oxygen atoms in total. The molecule has 1 atom stereocenters. The highest BCUT2D eigenvalue weighted by Gasteiger charge is 2.29. The van der Waals surface area contributed by atoms with Crippen molar-refractivity contribution in [3.05, 3.63) is 107 Å². The molecule has 0 bridgehead atoms. The minimum absolute atomic E-state index is 0.0255. The molecule has 148 valence electrons. The fraction of sp³-hybridized carbons (Fsp3) is 0.208. The van der Waals surface area contributed by atoms with E-state index in [0.29, 0.717) is 26.2 Å². The maximum absolute atomic E-state index is 14.0. The summed E-state index contributed by atoms with van der Waals surface area (Å²) in [5, 5.41) is 0. The molecule has 1 aliphatic rings. The highest BCUT2D eigenvalue weighted by molar-refractivity contribution is 5.94. The molecule has 1 aliphatic heterocycles. The van der Waals surface area contributed by atoms with E-state index in [2.05, 4.69) is 17.0 Å². The molecule has 1 amide bonds. The molecule has 1 fully saturated rings. The van der Waals surface area contributed by atoms with Gasteiger partial charge in [-0.25, -0.2) is 8.78 Å². The van der Waals surface area contributed by atoms with Crippen molar-refractivity contribution in [2.24, 2.45) is 0 Å². The molecule has 4 rings (SSSR count). The van der Waals surface area contributed by atoms with E-state index in [1.54, 1.807) is 17.0 Å². The average Bonchev–Trinajstić information content (AvgIpc) is 2.76. The van der Waals surface area contributed by atoms with E-state index in [1.165, 1.54) is 24.3 Å². The summed E-state index contributed by atoms with van der Waals surface area (Å²) in [6.45, 7) is 2.32. The predicted molar refractivity (Wildman–Crippen MR) is 109 cm³/mol. The van der Waals surface area contributed by atoms with Gasteiger partial charge in [0.05, 0.1) is 11.6 Å². The molecule has 0 N–H and O–H groups in total. The van der Waals surface area contributed by atoms with Crippen molar-refractivity contribution in [1.29, 1.82) is 0 Å². The van der Waals surface area contributed by atoms with E-state index in [4.69, 9.17) is 0 Å². The summed E-state index contributed by atoms with van der Waals surface area (Å²) in [6.07, 6.45) is 0. The Morgan fingerprint density at radius 3 is 1.97 bits per heavy atom. The molecular weight excluding hydrogens is 370 g/mol. The number of carbonyl (C=O) groups excluding carboxylic acids is 1. The second-order valence-electron chi connectivity index (χ2n) is 7.17. The summed E-state index contributed by atoms with van der Waals surface area (Å²) in [6, 6.07) is 22.7. The largest absolute Gasteiger partial charge is 0.336 e. The highest BCUT2D eigenvalue weighted by Crippen LogP contribution is 2.30. The summed E-state index contributed by atoms with van der Waals surface area (Å²) < 4.78 is 27.4.